The lowest BCUT2D eigenvalue weighted by molar-refractivity contribution is -0.139. The molecule has 4 aliphatic rings. The summed E-state index contributed by atoms with van der Waals surface area (Å²) in [6.07, 6.45) is 14.5. The molecule has 2 saturated carbocycles. The SMILES string of the molecule is CC.Cc1ccccc1C1CC(=O)N(C)C1.O=C(CCC1CCCCC1)N1CCC(O)C2(CCCC2)C1. The lowest BCUT2D eigenvalue weighted by Gasteiger charge is -2.44. The number of amides is 2. The van der Waals surface area contributed by atoms with Crippen LogP contribution in [0.25, 0.3) is 0 Å². The van der Waals surface area contributed by atoms with E-state index in [1.54, 1.807) is 0 Å². The zero-order valence-electron chi connectivity index (χ0n) is 24.0. The van der Waals surface area contributed by atoms with E-state index in [9.17, 15) is 14.7 Å². The van der Waals surface area contributed by atoms with Gasteiger partial charge in [0.2, 0.25) is 11.8 Å². The van der Waals surface area contributed by atoms with Gasteiger partial charge in [-0.2, -0.15) is 0 Å². The Balaban J connectivity index is 0.000000207. The van der Waals surface area contributed by atoms with Gasteiger partial charge in [0, 0.05) is 50.9 Å². The first-order valence-corrected chi connectivity index (χ1v) is 15.1. The number of benzene rings is 1. The van der Waals surface area contributed by atoms with Crippen molar-refractivity contribution in [2.45, 2.75) is 116 Å². The van der Waals surface area contributed by atoms with Crippen molar-refractivity contribution < 1.29 is 14.7 Å². The van der Waals surface area contributed by atoms with Gasteiger partial charge in [-0.05, 0) is 49.7 Å². The van der Waals surface area contributed by atoms with Crippen LogP contribution in [0.5, 0.6) is 0 Å². The van der Waals surface area contributed by atoms with Gasteiger partial charge < -0.3 is 14.9 Å². The van der Waals surface area contributed by atoms with Crippen molar-refractivity contribution in [1.29, 1.82) is 0 Å². The van der Waals surface area contributed by atoms with Crippen LogP contribution in [0.3, 0.4) is 0 Å². The maximum absolute atomic E-state index is 12.5. The molecule has 2 aliphatic carbocycles. The molecule has 0 radical (unpaired) electrons. The predicted octanol–water partition coefficient (Wildman–Crippen LogP) is 6.47. The largest absolute Gasteiger partial charge is 0.392 e. The molecule has 0 aromatic heterocycles. The number of nitrogens with zero attached hydrogens (tertiary/aromatic N) is 2. The summed E-state index contributed by atoms with van der Waals surface area (Å²) in [6.45, 7) is 8.56. The summed E-state index contributed by atoms with van der Waals surface area (Å²) in [5.74, 6) is 1.80. The third kappa shape index (κ3) is 7.81. The first kappa shape index (κ1) is 29.7. The quantitative estimate of drug-likeness (QED) is 0.503. The second-order valence-corrected chi connectivity index (χ2v) is 11.8. The minimum Gasteiger partial charge on any atom is -0.392 e. The molecule has 37 heavy (non-hydrogen) atoms. The summed E-state index contributed by atoms with van der Waals surface area (Å²) >= 11 is 0. The van der Waals surface area contributed by atoms with E-state index in [0.717, 1.165) is 57.7 Å². The van der Waals surface area contributed by atoms with E-state index in [0.29, 0.717) is 18.2 Å². The van der Waals surface area contributed by atoms with Crippen LogP contribution in [0.4, 0.5) is 0 Å². The maximum atomic E-state index is 12.5. The van der Waals surface area contributed by atoms with Gasteiger partial charge in [-0.15, -0.1) is 0 Å². The van der Waals surface area contributed by atoms with Crippen molar-refractivity contribution in [3.63, 3.8) is 0 Å². The molecule has 5 heteroatoms. The monoisotopic (exact) mass is 512 g/mol. The number of carbonyl (C=O) groups excluding carboxylic acids is 2. The number of hydrogen-bond donors (Lipinski definition) is 1. The number of rotatable bonds is 4. The Kier molecular flexibility index (Phi) is 11.5. The van der Waals surface area contributed by atoms with Crippen molar-refractivity contribution in [1.82, 2.24) is 9.80 Å². The van der Waals surface area contributed by atoms with Gasteiger partial charge in [-0.1, -0.05) is 83.1 Å². The Morgan fingerprint density at radius 1 is 1.03 bits per heavy atom. The molecular weight excluding hydrogens is 460 g/mol. The maximum Gasteiger partial charge on any atom is 0.223 e. The highest BCUT2D eigenvalue weighted by Crippen LogP contribution is 2.45. The van der Waals surface area contributed by atoms with Gasteiger partial charge >= 0.3 is 0 Å². The summed E-state index contributed by atoms with van der Waals surface area (Å²) in [7, 11) is 1.88. The Morgan fingerprint density at radius 2 is 1.70 bits per heavy atom. The average Bonchev–Trinajstić information content (AvgIpc) is 3.53. The zero-order chi connectivity index (χ0) is 26.8. The number of aryl methyl sites for hydroxylation is 1. The molecule has 1 aromatic carbocycles. The van der Waals surface area contributed by atoms with E-state index < -0.39 is 0 Å². The first-order valence-electron chi connectivity index (χ1n) is 15.1. The van der Waals surface area contributed by atoms with E-state index in [1.807, 2.05) is 37.9 Å². The van der Waals surface area contributed by atoms with Crippen molar-refractivity contribution in [3.8, 4) is 0 Å². The van der Waals surface area contributed by atoms with E-state index in [-0.39, 0.29) is 17.4 Å². The van der Waals surface area contributed by atoms with Crippen LogP contribution in [0.15, 0.2) is 24.3 Å². The van der Waals surface area contributed by atoms with Crippen LogP contribution >= 0.6 is 0 Å². The molecule has 1 aromatic rings. The molecule has 4 fully saturated rings. The van der Waals surface area contributed by atoms with E-state index in [1.165, 1.54) is 56.1 Å². The Bertz CT molecular complexity index is 857. The summed E-state index contributed by atoms with van der Waals surface area (Å²) in [5, 5.41) is 10.4. The van der Waals surface area contributed by atoms with Crippen molar-refractivity contribution in [2.75, 3.05) is 26.7 Å². The Labute approximate surface area is 226 Å². The molecule has 5 nitrogen and oxygen atoms in total. The lowest BCUT2D eigenvalue weighted by Crippen LogP contribution is -2.52. The second-order valence-electron chi connectivity index (χ2n) is 11.8. The third-order valence-corrected chi connectivity index (χ3v) is 9.30. The molecule has 2 saturated heterocycles. The molecule has 1 spiro atoms. The second kappa shape index (κ2) is 14.3. The number of carbonyl (C=O) groups is 2. The van der Waals surface area contributed by atoms with Crippen LogP contribution in [0.2, 0.25) is 0 Å². The molecule has 2 amide bonds. The van der Waals surface area contributed by atoms with Crippen molar-refractivity contribution in [2.24, 2.45) is 11.3 Å². The lowest BCUT2D eigenvalue weighted by atomic mass is 9.76. The topological polar surface area (TPSA) is 60.9 Å². The van der Waals surface area contributed by atoms with Crippen LogP contribution in [-0.2, 0) is 9.59 Å². The van der Waals surface area contributed by atoms with Gasteiger partial charge in [0.1, 0.15) is 0 Å². The minimum atomic E-state index is -0.178. The Morgan fingerprint density at radius 3 is 2.32 bits per heavy atom. The van der Waals surface area contributed by atoms with Crippen molar-refractivity contribution in [3.05, 3.63) is 35.4 Å². The number of aliphatic hydroxyl groups is 1. The summed E-state index contributed by atoms with van der Waals surface area (Å²) in [6, 6.07) is 8.33. The highest BCUT2D eigenvalue weighted by Gasteiger charge is 2.45. The van der Waals surface area contributed by atoms with Gasteiger partial charge in [0.15, 0.2) is 0 Å². The normalized spacial score (nSPS) is 25.4. The molecule has 5 rings (SSSR count). The summed E-state index contributed by atoms with van der Waals surface area (Å²) < 4.78 is 0. The third-order valence-electron chi connectivity index (χ3n) is 9.30. The summed E-state index contributed by atoms with van der Waals surface area (Å²) in [5.41, 5.74) is 2.66. The molecular formula is C32H52N2O3. The number of piperidine rings is 1. The highest BCUT2D eigenvalue weighted by atomic mass is 16.3. The fourth-order valence-corrected chi connectivity index (χ4v) is 7.01. The van der Waals surface area contributed by atoms with E-state index in [2.05, 4.69) is 24.0 Å². The average molecular weight is 513 g/mol. The van der Waals surface area contributed by atoms with Gasteiger partial charge in [-0.25, -0.2) is 0 Å². The van der Waals surface area contributed by atoms with Gasteiger partial charge in [0.05, 0.1) is 6.10 Å². The number of likely N-dealkylation sites (tertiary alicyclic amines) is 2. The Hall–Kier alpha value is -1.88. The molecule has 2 atom stereocenters. The number of hydrogen-bond acceptors (Lipinski definition) is 3. The molecule has 0 bridgehead atoms. The highest BCUT2D eigenvalue weighted by molar-refractivity contribution is 5.79. The predicted molar refractivity (Wildman–Crippen MR) is 151 cm³/mol. The molecule has 1 N–H and O–H groups in total. The number of aliphatic hydroxyl groups excluding tert-OH is 1. The minimum absolute atomic E-state index is 0.0404. The van der Waals surface area contributed by atoms with Crippen molar-refractivity contribution >= 4 is 11.8 Å². The van der Waals surface area contributed by atoms with Gasteiger partial charge in [-0.3, -0.25) is 9.59 Å². The number of likely N-dealkylation sites (N-methyl/N-ethyl adjacent to an activating group) is 1. The molecule has 208 valence electrons. The first-order chi connectivity index (χ1) is 17.9. The summed E-state index contributed by atoms with van der Waals surface area (Å²) in [4.78, 5) is 27.8. The van der Waals surface area contributed by atoms with E-state index in [4.69, 9.17) is 0 Å². The molecule has 2 unspecified atom stereocenters. The smallest absolute Gasteiger partial charge is 0.223 e. The van der Waals surface area contributed by atoms with Gasteiger partial charge in [0.25, 0.3) is 0 Å². The van der Waals surface area contributed by atoms with Crippen LogP contribution in [0.1, 0.15) is 114 Å². The zero-order valence-corrected chi connectivity index (χ0v) is 24.0. The molecule has 2 aliphatic heterocycles. The van der Waals surface area contributed by atoms with Crippen LogP contribution in [0, 0.1) is 18.3 Å². The fourth-order valence-electron chi connectivity index (χ4n) is 7.01. The van der Waals surface area contributed by atoms with E-state index >= 15 is 0 Å². The fraction of sp³-hybridized carbons (Fsp3) is 0.750. The standard InChI is InChI=1S/C18H31NO2.C12H15NO.C2H6/c20-16-10-13-19(14-18(16)11-4-5-12-18)17(21)9-8-15-6-2-1-3-7-15;1-9-5-3-4-6-11(9)10-7-12(14)13(2)8-10;1-2/h15-16,20H,1-14H2;3-6,10H,7-8H2,1-2H3;1-2H3. The van der Waals surface area contributed by atoms with Crippen LogP contribution < -0.4 is 0 Å². The molecule has 2 heterocycles. The van der Waals surface area contributed by atoms with Crippen LogP contribution in [-0.4, -0.2) is 59.5 Å².